The van der Waals surface area contributed by atoms with E-state index in [2.05, 4.69) is 27.9 Å². The van der Waals surface area contributed by atoms with Crippen LogP contribution < -0.4 is 14.4 Å². The van der Waals surface area contributed by atoms with E-state index in [0.717, 1.165) is 19.7 Å². The average molecular weight is 523 g/mol. The zero-order valence-electron chi connectivity index (χ0n) is 15.3. The number of anilines is 2. The third-order valence-electron chi connectivity index (χ3n) is 3.92. The van der Waals surface area contributed by atoms with E-state index >= 15 is 0 Å². The maximum atomic E-state index is 12.7. The predicted octanol–water partition coefficient (Wildman–Crippen LogP) is 4.05. The lowest BCUT2D eigenvalue weighted by molar-refractivity contribution is -0.116. The minimum atomic E-state index is -3.74. The zero-order valence-corrected chi connectivity index (χ0v) is 19.0. The van der Waals surface area contributed by atoms with Crippen molar-refractivity contribution in [3.63, 3.8) is 0 Å². The Bertz CT molecular complexity index is 966. The first-order valence-corrected chi connectivity index (χ1v) is 11.2. The fraction of sp³-hybridized carbons (Fsp3) is 0.278. The number of nitrogens with zero attached hydrogens (tertiary/aromatic N) is 1. The molecule has 1 N–H and O–H groups in total. The summed E-state index contributed by atoms with van der Waals surface area (Å²) in [6, 6.07) is 9.17. The molecule has 1 atom stereocenters. The van der Waals surface area contributed by atoms with Gasteiger partial charge < -0.3 is 10.1 Å². The molecule has 0 aromatic heterocycles. The molecule has 0 spiro atoms. The number of sulfonamides is 1. The molecule has 2 aromatic rings. The van der Waals surface area contributed by atoms with E-state index in [1.54, 1.807) is 18.2 Å². The molecule has 0 fully saturated rings. The molecule has 6 nitrogen and oxygen atoms in total. The van der Waals surface area contributed by atoms with Gasteiger partial charge in [-0.3, -0.25) is 9.10 Å². The van der Waals surface area contributed by atoms with Gasteiger partial charge in [0.05, 0.1) is 24.1 Å². The highest BCUT2D eigenvalue weighted by Crippen LogP contribution is 2.31. The molecule has 2 aromatic carbocycles. The summed E-state index contributed by atoms with van der Waals surface area (Å²) < 4.78 is 31.9. The lowest BCUT2D eigenvalue weighted by Crippen LogP contribution is -2.45. The smallest absolute Gasteiger partial charge is 0.248 e. The highest BCUT2D eigenvalue weighted by atomic mass is 127. The Labute approximate surface area is 178 Å². The third kappa shape index (κ3) is 5.26. The number of benzene rings is 2. The number of carbonyl (C=O) groups is 1. The van der Waals surface area contributed by atoms with Crippen LogP contribution in [0.1, 0.15) is 12.5 Å². The number of ether oxygens (including phenoxy) is 1. The highest BCUT2D eigenvalue weighted by Gasteiger charge is 2.30. The Balaban J connectivity index is 2.36. The summed E-state index contributed by atoms with van der Waals surface area (Å²) >= 11 is 8.31. The lowest BCUT2D eigenvalue weighted by atomic mass is 10.2. The summed E-state index contributed by atoms with van der Waals surface area (Å²) in [6.07, 6.45) is 1.05. The SMILES string of the molecule is COc1ccc(N([C@H](C)C(=O)Nc2ccc(I)cc2C)S(C)(=O)=O)cc1Cl. The Morgan fingerprint density at radius 2 is 1.93 bits per heavy atom. The molecule has 0 heterocycles. The van der Waals surface area contributed by atoms with Crippen LogP contribution >= 0.6 is 34.2 Å². The van der Waals surface area contributed by atoms with Gasteiger partial charge >= 0.3 is 0 Å². The first kappa shape index (κ1) is 21.8. The minimum Gasteiger partial charge on any atom is -0.495 e. The number of nitrogens with one attached hydrogen (secondary N) is 1. The fourth-order valence-corrected chi connectivity index (χ4v) is 4.67. The quantitative estimate of drug-likeness (QED) is 0.581. The van der Waals surface area contributed by atoms with Crippen LogP contribution in [-0.2, 0) is 14.8 Å². The summed E-state index contributed by atoms with van der Waals surface area (Å²) in [4.78, 5) is 12.7. The maximum absolute atomic E-state index is 12.7. The Kier molecular flexibility index (Phi) is 6.98. The molecule has 27 heavy (non-hydrogen) atoms. The maximum Gasteiger partial charge on any atom is 0.248 e. The van der Waals surface area contributed by atoms with Crippen molar-refractivity contribution in [1.29, 1.82) is 0 Å². The summed E-state index contributed by atoms with van der Waals surface area (Å²) in [6.45, 7) is 3.40. The van der Waals surface area contributed by atoms with Gasteiger partial charge in [0, 0.05) is 9.26 Å². The molecule has 0 aliphatic rings. The van der Waals surface area contributed by atoms with Crippen LogP contribution in [0, 0.1) is 10.5 Å². The van der Waals surface area contributed by atoms with Crippen molar-refractivity contribution >= 4 is 61.5 Å². The van der Waals surface area contributed by atoms with E-state index in [9.17, 15) is 13.2 Å². The number of carbonyl (C=O) groups excluding carboxylic acids is 1. The second kappa shape index (κ2) is 8.66. The van der Waals surface area contributed by atoms with Gasteiger partial charge in [-0.2, -0.15) is 0 Å². The van der Waals surface area contributed by atoms with Crippen LogP contribution in [0.2, 0.25) is 5.02 Å². The second-order valence-electron chi connectivity index (χ2n) is 6.00. The topological polar surface area (TPSA) is 75.7 Å². The summed E-state index contributed by atoms with van der Waals surface area (Å²) in [5.74, 6) is -0.0304. The van der Waals surface area contributed by atoms with Gasteiger partial charge in [-0.1, -0.05) is 11.6 Å². The monoisotopic (exact) mass is 522 g/mol. The molecular weight excluding hydrogens is 503 g/mol. The standard InChI is InChI=1S/C18H20ClIN2O4S/c1-11-9-13(20)5-7-16(11)21-18(23)12(2)22(27(4,24)25)14-6-8-17(26-3)15(19)10-14/h5-10,12H,1-4H3,(H,21,23)/t12-/m1/s1. The third-order valence-corrected chi connectivity index (χ3v) is 6.13. The molecule has 0 radical (unpaired) electrons. The first-order chi connectivity index (χ1) is 12.5. The summed E-state index contributed by atoms with van der Waals surface area (Å²) in [5.41, 5.74) is 1.81. The largest absolute Gasteiger partial charge is 0.495 e. The normalized spacial score (nSPS) is 12.4. The van der Waals surface area contributed by atoms with Crippen molar-refractivity contribution in [2.45, 2.75) is 19.9 Å². The minimum absolute atomic E-state index is 0.254. The second-order valence-corrected chi connectivity index (χ2v) is 9.51. The van der Waals surface area contributed by atoms with Gasteiger partial charge in [-0.25, -0.2) is 8.42 Å². The van der Waals surface area contributed by atoms with Gasteiger partial charge in [-0.05, 0) is 78.4 Å². The van der Waals surface area contributed by atoms with Crippen LogP contribution in [0.3, 0.4) is 0 Å². The van der Waals surface area contributed by atoms with Crippen molar-refractivity contribution in [2.24, 2.45) is 0 Å². The number of rotatable bonds is 6. The molecule has 2 rings (SSSR count). The molecule has 9 heteroatoms. The van der Waals surface area contributed by atoms with Crippen molar-refractivity contribution in [1.82, 2.24) is 0 Å². The van der Waals surface area contributed by atoms with Gasteiger partial charge in [0.1, 0.15) is 11.8 Å². The Hall–Kier alpha value is -1.52. The molecule has 0 bridgehead atoms. The van der Waals surface area contributed by atoms with Crippen molar-refractivity contribution in [2.75, 3.05) is 23.0 Å². The molecule has 0 aliphatic carbocycles. The molecular formula is C18H20ClIN2O4S. The summed E-state index contributed by atoms with van der Waals surface area (Å²) in [7, 11) is -2.27. The van der Waals surface area contributed by atoms with Crippen LogP contribution in [0.25, 0.3) is 0 Å². The predicted molar refractivity (Wildman–Crippen MR) is 117 cm³/mol. The molecule has 0 unspecified atom stereocenters. The van der Waals surface area contributed by atoms with Crippen molar-refractivity contribution in [3.8, 4) is 5.75 Å². The molecule has 0 saturated heterocycles. The molecule has 1 amide bonds. The van der Waals surface area contributed by atoms with Crippen LogP contribution in [0.15, 0.2) is 36.4 Å². The van der Waals surface area contributed by atoms with Gasteiger partial charge in [0.15, 0.2) is 0 Å². The van der Waals surface area contributed by atoms with E-state index in [0.29, 0.717) is 11.4 Å². The zero-order chi connectivity index (χ0) is 20.4. The van der Waals surface area contributed by atoms with Crippen molar-refractivity contribution in [3.05, 3.63) is 50.6 Å². The van der Waals surface area contributed by atoms with E-state index < -0.39 is 22.0 Å². The van der Waals surface area contributed by atoms with Crippen LogP contribution in [-0.4, -0.2) is 33.7 Å². The van der Waals surface area contributed by atoms with Gasteiger partial charge in [0.2, 0.25) is 15.9 Å². The van der Waals surface area contributed by atoms with Gasteiger partial charge in [0.25, 0.3) is 0 Å². The van der Waals surface area contributed by atoms with Crippen LogP contribution in [0.5, 0.6) is 5.75 Å². The molecule has 0 saturated carbocycles. The number of hydrogen-bond donors (Lipinski definition) is 1. The number of aryl methyl sites for hydroxylation is 1. The Morgan fingerprint density at radius 3 is 2.44 bits per heavy atom. The first-order valence-electron chi connectivity index (χ1n) is 7.94. The number of methoxy groups -OCH3 is 1. The number of hydrogen-bond acceptors (Lipinski definition) is 4. The highest BCUT2D eigenvalue weighted by molar-refractivity contribution is 14.1. The number of amides is 1. The van der Waals surface area contributed by atoms with Crippen LogP contribution in [0.4, 0.5) is 11.4 Å². The van der Waals surface area contributed by atoms with E-state index in [-0.39, 0.29) is 10.7 Å². The lowest BCUT2D eigenvalue weighted by Gasteiger charge is -2.28. The molecule has 146 valence electrons. The van der Waals surface area contributed by atoms with Crippen molar-refractivity contribution < 1.29 is 17.9 Å². The summed E-state index contributed by atoms with van der Waals surface area (Å²) in [5, 5.41) is 3.05. The van der Waals surface area contributed by atoms with E-state index in [1.807, 2.05) is 19.1 Å². The fourth-order valence-electron chi connectivity index (χ4n) is 2.61. The Morgan fingerprint density at radius 1 is 1.26 bits per heavy atom. The van der Waals surface area contributed by atoms with Gasteiger partial charge in [-0.15, -0.1) is 0 Å². The average Bonchev–Trinajstić information content (AvgIpc) is 2.56. The number of halogens is 2. The van der Waals surface area contributed by atoms with E-state index in [4.69, 9.17) is 16.3 Å². The molecule has 0 aliphatic heterocycles. The van der Waals surface area contributed by atoms with E-state index in [1.165, 1.54) is 20.1 Å².